The van der Waals surface area contributed by atoms with Crippen molar-refractivity contribution in [1.29, 1.82) is 0 Å². The van der Waals surface area contributed by atoms with E-state index in [2.05, 4.69) is 49.6 Å². The summed E-state index contributed by atoms with van der Waals surface area (Å²) in [6.07, 6.45) is 3.55. The highest BCUT2D eigenvalue weighted by Crippen LogP contribution is 2.31. The molecule has 0 bridgehead atoms. The third kappa shape index (κ3) is 3.36. The zero-order chi connectivity index (χ0) is 21.5. The fourth-order valence-corrected chi connectivity index (χ4v) is 4.33. The first-order valence-electron chi connectivity index (χ1n) is 10.1. The lowest BCUT2D eigenvalue weighted by Crippen LogP contribution is -1.99. The van der Waals surface area contributed by atoms with Crippen molar-refractivity contribution in [2.45, 2.75) is 6.92 Å². The van der Waals surface area contributed by atoms with E-state index < -0.39 is 0 Å². The number of hydrogen-bond donors (Lipinski definition) is 1. The molecule has 3 aromatic heterocycles. The molecule has 0 radical (unpaired) electrons. The van der Waals surface area contributed by atoms with Gasteiger partial charge in [-0.15, -0.1) is 11.3 Å². The Labute approximate surface area is 187 Å². The van der Waals surface area contributed by atoms with Gasteiger partial charge in [0.2, 0.25) is 5.95 Å². The highest BCUT2D eigenvalue weighted by molar-refractivity contribution is 7.16. The van der Waals surface area contributed by atoms with Gasteiger partial charge in [0.1, 0.15) is 12.2 Å². The molecule has 3 heterocycles. The molecule has 0 aliphatic rings. The monoisotopic (exact) mass is 435 g/mol. The summed E-state index contributed by atoms with van der Waals surface area (Å²) in [5, 5.41) is 8.63. The lowest BCUT2D eigenvalue weighted by molar-refractivity contribution is 0.863. The maximum atomic E-state index is 4.83. The summed E-state index contributed by atoms with van der Waals surface area (Å²) in [6.45, 7) is 1.87. The molecule has 3 aromatic carbocycles. The molecule has 0 atom stereocenters. The second kappa shape index (κ2) is 7.51. The topological polar surface area (TPSA) is 81.4 Å². The van der Waals surface area contributed by atoms with Crippen LogP contribution in [0.15, 0.2) is 78.7 Å². The molecule has 8 heteroatoms. The van der Waals surface area contributed by atoms with E-state index in [0.29, 0.717) is 5.95 Å². The molecule has 0 saturated carbocycles. The summed E-state index contributed by atoms with van der Waals surface area (Å²) in [4.78, 5) is 18.0. The number of para-hydroxylation sites is 1. The normalized spacial score (nSPS) is 11.3. The molecule has 154 valence electrons. The summed E-state index contributed by atoms with van der Waals surface area (Å²) in [6, 6.07) is 20.4. The molecule has 7 nitrogen and oxygen atoms in total. The Morgan fingerprint density at radius 2 is 1.84 bits per heavy atom. The molecule has 0 spiro atoms. The van der Waals surface area contributed by atoms with Crippen molar-refractivity contribution >= 4 is 44.1 Å². The van der Waals surface area contributed by atoms with Crippen LogP contribution in [0.3, 0.4) is 0 Å². The summed E-state index contributed by atoms with van der Waals surface area (Å²) < 4.78 is 2.92. The van der Waals surface area contributed by atoms with E-state index in [1.807, 2.05) is 55.0 Å². The van der Waals surface area contributed by atoms with Gasteiger partial charge < -0.3 is 5.32 Å². The highest BCUT2D eigenvalue weighted by atomic mass is 32.1. The van der Waals surface area contributed by atoms with Crippen LogP contribution in [0.5, 0.6) is 0 Å². The molecule has 0 aliphatic carbocycles. The number of nitrogens with zero attached hydrogens (tertiary/aromatic N) is 6. The Hall–Kier alpha value is -4.17. The fourth-order valence-electron chi connectivity index (χ4n) is 3.67. The average Bonchev–Trinajstić information content (AvgIpc) is 3.47. The Morgan fingerprint density at radius 1 is 0.938 bits per heavy atom. The zero-order valence-corrected chi connectivity index (χ0v) is 17.9. The number of benzene rings is 3. The minimum atomic E-state index is 0.545. The van der Waals surface area contributed by atoms with E-state index in [-0.39, 0.29) is 0 Å². The third-order valence-electron chi connectivity index (χ3n) is 5.25. The average molecular weight is 436 g/mol. The second-order valence-corrected chi connectivity index (χ2v) is 8.27. The number of nitrogens with one attached hydrogen (secondary N) is 1. The molecule has 0 unspecified atom stereocenters. The Morgan fingerprint density at radius 3 is 2.69 bits per heavy atom. The minimum absolute atomic E-state index is 0.545. The smallest absolute Gasteiger partial charge is 0.227 e. The second-order valence-electron chi connectivity index (χ2n) is 7.38. The van der Waals surface area contributed by atoms with Crippen LogP contribution in [0.1, 0.15) is 5.82 Å². The van der Waals surface area contributed by atoms with Gasteiger partial charge in [-0.2, -0.15) is 5.10 Å². The van der Waals surface area contributed by atoms with Crippen LogP contribution in [0.25, 0.3) is 37.9 Å². The van der Waals surface area contributed by atoms with Gasteiger partial charge in [0.25, 0.3) is 0 Å². The molecule has 1 N–H and O–H groups in total. The fraction of sp³-hybridized carbons (Fsp3) is 0.0417. The van der Waals surface area contributed by atoms with E-state index in [0.717, 1.165) is 44.7 Å². The number of fused-ring (bicyclic) bond motifs is 2. The Kier molecular flexibility index (Phi) is 4.36. The van der Waals surface area contributed by atoms with Gasteiger partial charge in [0.15, 0.2) is 0 Å². The van der Waals surface area contributed by atoms with Crippen molar-refractivity contribution in [3.05, 3.63) is 84.5 Å². The number of aromatic nitrogens is 6. The molecule has 6 aromatic rings. The molecular formula is C24H17N7S. The standard InChI is InChI=1S/C24H17N7S/c1-15-26-13-31(30-15)19-8-6-18(7-9-19)28-24-25-12-17-3-2-4-20(23(17)29-24)16-5-10-22-21(11-16)27-14-32-22/h2-14H,1H3,(H,25,28,29). The SMILES string of the molecule is Cc1ncn(-c2ccc(Nc3ncc4cccc(-c5ccc6scnc6c5)c4n3)cc2)n1. The number of thiazole rings is 1. The van der Waals surface area contributed by atoms with Gasteiger partial charge in [-0.3, -0.25) is 0 Å². The van der Waals surface area contributed by atoms with Crippen LogP contribution in [-0.4, -0.2) is 29.7 Å². The molecule has 0 saturated heterocycles. The maximum absolute atomic E-state index is 4.83. The molecule has 0 amide bonds. The van der Waals surface area contributed by atoms with Crippen LogP contribution >= 0.6 is 11.3 Å². The van der Waals surface area contributed by atoms with Crippen molar-refractivity contribution in [1.82, 2.24) is 29.7 Å². The van der Waals surface area contributed by atoms with E-state index in [9.17, 15) is 0 Å². The molecule has 0 aliphatic heterocycles. The first-order valence-corrected chi connectivity index (χ1v) is 11.0. The van der Waals surface area contributed by atoms with Crippen molar-refractivity contribution in [2.24, 2.45) is 0 Å². The maximum Gasteiger partial charge on any atom is 0.227 e. The lowest BCUT2D eigenvalue weighted by atomic mass is 10.0. The van der Waals surface area contributed by atoms with Crippen molar-refractivity contribution in [2.75, 3.05) is 5.32 Å². The van der Waals surface area contributed by atoms with E-state index in [1.54, 1.807) is 22.3 Å². The lowest BCUT2D eigenvalue weighted by Gasteiger charge is -2.10. The summed E-state index contributed by atoms with van der Waals surface area (Å²) in [5.74, 6) is 1.28. The summed E-state index contributed by atoms with van der Waals surface area (Å²) in [5.41, 5.74) is 7.75. The largest absolute Gasteiger partial charge is 0.324 e. The molecule has 32 heavy (non-hydrogen) atoms. The molecule has 0 fully saturated rings. The van der Waals surface area contributed by atoms with Gasteiger partial charge in [0, 0.05) is 22.8 Å². The first-order chi connectivity index (χ1) is 15.7. The van der Waals surface area contributed by atoms with Gasteiger partial charge >= 0.3 is 0 Å². The summed E-state index contributed by atoms with van der Waals surface area (Å²) >= 11 is 1.64. The quantitative estimate of drug-likeness (QED) is 0.392. The number of aryl methyl sites for hydroxylation is 1. The highest BCUT2D eigenvalue weighted by Gasteiger charge is 2.09. The molecule has 6 rings (SSSR count). The summed E-state index contributed by atoms with van der Waals surface area (Å²) in [7, 11) is 0. The number of hydrogen-bond acceptors (Lipinski definition) is 7. The predicted molar refractivity (Wildman–Crippen MR) is 128 cm³/mol. The van der Waals surface area contributed by atoms with Crippen LogP contribution in [0, 0.1) is 6.92 Å². The minimum Gasteiger partial charge on any atom is -0.324 e. The van der Waals surface area contributed by atoms with Crippen molar-refractivity contribution in [3.8, 4) is 16.8 Å². The van der Waals surface area contributed by atoms with E-state index in [4.69, 9.17) is 4.98 Å². The van der Waals surface area contributed by atoms with E-state index >= 15 is 0 Å². The predicted octanol–water partition coefficient (Wildman–Crippen LogP) is 5.54. The van der Waals surface area contributed by atoms with Crippen LogP contribution in [0.2, 0.25) is 0 Å². The van der Waals surface area contributed by atoms with Gasteiger partial charge in [-0.1, -0.05) is 24.3 Å². The van der Waals surface area contributed by atoms with Crippen molar-refractivity contribution in [3.63, 3.8) is 0 Å². The van der Waals surface area contributed by atoms with E-state index in [1.165, 1.54) is 4.70 Å². The number of rotatable bonds is 4. The first kappa shape index (κ1) is 18.6. The van der Waals surface area contributed by atoms with Crippen LogP contribution < -0.4 is 5.32 Å². The Bertz CT molecular complexity index is 1570. The van der Waals surface area contributed by atoms with Crippen LogP contribution in [-0.2, 0) is 0 Å². The van der Waals surface area contributed by atoms with Gasteiger partial charge in [-0.25, -0.2) is 24.6 Å². The van der Waals surface area contributed by atoms with Gasteiger partial charge in [0.05, 0.1) is 26.9 Å². The number of anilines is 2. The Balaban J connectivity index is 1.34. The van der Waals surface area contributed by atoms with Gasteiger partial charge in [-0.05, 0) is 48.9 Å². The van der Waals surface area contributed by atoms with Crippen molar-refractivity contribution < 1.29 is 0 Å². The zero-order valence-electron chi connectivity index (χ0n) is 17.1. The van der Waals surface area contributed by atoms with Crippen LogP contribution in [0.4, 0.5) is 11.6 Å². The molecular weight excluding hydrogens is 418 g/mol. The third-order valence-corrected chi connectivity index (χ3v) is 6.06.